The second-order valence-corrected chi connectivity index (χ2v) is 13.5. The summed E-state index contributed by atoms with van der Waals surface area (Å²) in [7, 11) is 0.0143. The van der Waals surface area contributed by atoms with E-state index in [0.717, 1.165) is 41.6 Å². The highest BCUT2D eigenvalue weighted by atomic mass is 28.3. The number of anilines is 1. The number of likely N-dealkylation sites (N-methyl/N-ethyl adjacent to an activating group) is 1. The Morgan fingerprint density at radius 3 is 2.65 bits per heavy atom. The van der Waals surface area contributed by atoms with Gasteiger partial charge in [0.2, 0.25) is 0 Å². The number of rotatable bonds is 1. The molecular weight excluding hydrogens is 302 g/mol. The van der Waals surface area contributed by atoms with Crippen molar-refractivity contribution in [1.29, 1.82) is 0 Å². The molecule has 1 amide bonds. The van der Waals surface area contributed by atoms with Gasteiger partial charge in [0.25, 0.3) is 5.91 Å². The van der Waals surface area contributed by atoms with Crippen molar-refractivity contribution in [2.45, 2.75) is 43.9 Å². The zero-order chi connectivity index (χ0) is 16.6. The SMILES string of the molecule is CN1C(=O)C2=C[C@H]3CCC[C@]([Si](C)(C)C)(C3=O)c3cccc1c32. The number of allylic oxidation sites excluding steroid dienone is 1. The molecule has 3 aliphatic rings. The molecule has 0 aromatic heterocycles. The summed E-state index contributed by atoms with van der Waals surface area (Å²) < 4.78 is 0. The van der Waals surface area contributed by atoms with Crippen molar-refractivity contribution in [3.63, 3.8) is 0 Å². The first-order valence-corrected chi connectivity index (χ1v) is 12.0. The van der Waals surface area contributed by atoms with Crippen molar-refractivity contribution in [3.05, 3.63) is 35.4 Å². The lowest BCUT2D eigenvalue weighted by Crippen LogP contribution is -2.58. The van der Waals surface area contributed by atoms with Gasteiger partial charge in [0.15, 0.2) is 0 Å². The van der Waals surface area contributed by atoms with Crippen molar-refractivity contribution >= 4 is 31.0 Å². The number of carbonyl (C=O) groups is 2. The summed E-state index contributed by atoms with van der Waals surface area (Å²) in [5.41, 5.74) is 3.90. The molecule has 2 bridgehead atoms. The number of hydrogen-bond acceptors (Lipinski definition) is 2. The fourth-order valence-corrected chi connectivity index (χ4v) is 7.81. The minimum absolute atomic E-state index is 0.0403. The van der Waals surface area contributed by atoms with Crippen LogP contribution in [-0.2, 0) is 14.6 Å². The molecule has 0 N–H and O–H groups in total. The van der Waals surface area contributed by atoms with Crippen LogP contribution in [0.2, 0.25) is 19.6 Å². The van der Waals surface area contributed by atoms with E-state index in [1.54, 1.807) is 4.90 Å². The maximum Gasteiger partial charge on any atom is 0.258 e. The predicted molar refractivity (Wildman–Crippen MR) is 95.2 cm³/mol. The molecule has 1 fully saturated rings. The van der Waals surface area contributed by atoms with Crippen molar-refractivity contribution in [2.24, 2.45) is 5.92 Å². The van der Waals surface area contributed by atoms with Crippen molar-refractivity contribution < 1.29 is 9.59 Å². The van der Waals surface area contributed by atoms with E-state index in [-0.39, 0.29) is 16.9 Å². The number of Topliss-reactive ketones (excluding diaryl/α,β-unsaturated/α-hetero) is 1. The molecule has 0 saturated heterocycles. The first-order valence-electron chi connectivity index (χ1n) is 8.47. The number of carbonyl (C=O) groups excluding carboxylic acids is 2. The van der Waals surface area contributed by atoms with Gasteiger partial charge in [0.1, 0.15) is 5.78 Å². The monoisotopic (exact) mass is 325 g/mol. The summed E-state index contributed by atoms with van der Waals surface area (Å²) >= 11 is 0. The van der Waals surface area contributed by atoms with Gasteiger partial charge < -0.3 is 4.90 Å². The van der Waals surface area contributed by atoms with Crippen LogP contribution in [-0.4, -0.2) is 26.8 Å². The molecule has 0 unspecified atom stereocenters. The van der Waals surface area contributed by atoms with Crippen LogP contribution in [0.25, 0.3) is 5.57 Å². The Bertz CT molecular complexity index is 774. The van der Waals surface area contributed by atoms with Crippen LogP contribution in [0.3, 0.4) is 0 Å². The van der Waals surface area contributed by atoms with Gasteiger partial charge in [0.05, 0.1) is 13.8 Å². The Labute approximate surface area is 138 Å². The molecule has 3 nitrogen and oxygen atoms in total. The molecular formula is C19H23NO2Si. The smallest absolute Gasteiger partial charge is 0.258 e. The van der Waals surface area contributed by atoms with Gasteiger partial charge in [-0.2, -0.15) is 0 Å². The van der Waals surface area contributed by atoms with Gasteiger partial charge in [-0.3, -0.25) is 9.59 Å². The lowest BCUT2D eigenvalue weighted by atomic mass is 9.76. The van der Waals surface area contributed by atoms with Gasteiger partial charge in [0, 0.05) is 29.1 Å². The van der Waals surface area contributed by atoms with E-state index in [2.05, 4.69) is 25.7 Å². The molecule has 1 heterocycles. The van der Waals surface area contributed by atoms with Crippen LogP contribution in [0.4, 0.5) is 5.69 Å². The number of amides is 1. The summed E-state index contributed by atoms with van der Waals surface area (Å²) in [6.45, 7) is 6.91. The van der Waals surface area contributed by atoms with Crippen LogP contribution < -0.4 is 4.90 Å². The van der Waals surface area contributed by atoms with Crippen LogP contribution in [0, 0.1) is 5.92 Å². The summed E-state index contributed by atoms with van der Waals surface area (Å²) in [6, 6.07) is 6.14. The Morgan fingerprint density at radius 1 is 1.22 bits per heavy atom. The largest absolute Gasteiger partial charge is 0.311 e. The van der Waals surface area contributed by atoms with E-state index >= 15 is 0 Å². The first kappa shape index (κ1) is 14.9. The molecule has 2 aliphatic carbocycles. The third-order valence-electron chi connectivity index (χ3n) is 6.14. The van der Waals surface area contributed by atoms with E-state index in [9.17, 15) is 9.59 Å². The molecule has 23 heavy (non-hydrogen) atoms. The average Bonchev–Trinajstić information content (AvgIpc) is 2.71. The molecule has 0 spiro atoms. The van der Waals surface area contributed by atoms with Crippen molar-refractivity contribution in [2.75, 3.05) is 11.9 Å². The topological polar surface area (TPSA) is 37.4 Å². The third kappa shape index (κ3) is 1.65. The summed E-state index contributed by atoms with van der Waals surface area (Å²) in [6.07, 6.45) is 4.87. The van der Waals surface area contributed by atoms with Gasteiger partial charge >= 0.3 is 0 Å². The first-order chi connectivity index (χ1) is 10.8. The van der Waals surface area contributed by atoms with Crippen LogP contribution in [0.1, 0.15) is 30.4 Å². The Hall–Kier alpha value is -1.68. The highest BCUT2D eigenvalue weighted by Crippen LogP contribution is 2.54. The summed E-state index contributed by atoms with van der Waals surface area (Å²) in [5.74, 6) is 0.313. The van der Waals surface area contributed by atoms with E-state index in [4.69, 9.17) is 0 Å². The second kappa shape index (κ2) is 4.44. The zero-order valence-corrected chi connectivity index (χ0v) is 15.3. The Balaban J connectivity index is 2.13. The average molecular weight is 325 g/mol. The summed E-state index contributed by atoms with van der Waals surface area (Å²) in [5, 5.41) is -0.356. The second-order valence-electron chi connectivity index (χ2n) is 8.16. The lowest BCUT2D eigenvalue weighted by Gasteiger charge is -2.47. The van der Waals surface area contributed by atoms with Crippen LogP contribution >= 0.6 is 0 Å². The van der Waals surface area contributed by atoms with Crippen molar-refractivity contribution in [1.82, 2.24) is 0 Å². The van der Waals surface area contributed by atoms with Crippen LogP contribution in [0.5, 0.6) is 0 Å². The molecule has 1 saturated carbocycles. The molecule has 4 rings (SSSR count). The fraction of sp³-hybridized carbons (Fsp3) is 0.474. The molecule has 1 aromatic carbocycles. The normalized spacial score (nSPS) is 29.3. The van der Waals surface area contributed by atoms with E-state index in [1.807, 2.05) is 25.3 Å². The van der Waals surface area contributed by atoms with Gasteiger partial charge in [-0.15, -0.1) is 0 Å². The number of fused-ring (bicyclic) bond motifs is 3. The molecule has 4 heteroatoms. The Kier molecular flexibility index (Phi) is 2.87. The van der Waals surface area contributed by atoms with Crippen molar-refractivity contribution in [3.8, 4) is 0 Å². The number of hydrogen-bond donors (Lipinski definition) is 0. The number of nitrogens with zero attached hydrogens (tertiary/aromatic N) is 1. The minimum Gasteiger partial charge on any atom is -0.311 e. The quantitative estimate of drug-likeness (QED) is 0.741. The van der Waals surface area contributed by atoms with Gasteiger partial charge in [-0.25, -0.2) is 0 Å². The lowest BCUT2D eigenvalue weighted by molar-refractivity contribution is -0.126. The molecule has 1 aliphatic heterocycles. The minimum atomic E-state index is -1.83. The van der Waals surface area contributed by atoms with Crippen LogP contribution in [0.15, 0.2) is 24.3 Å². The Morgan fingerprint density at radius 2 is 1.96 bits per heavy atom. The number of ketones is 1. The highest BCUT2D eigenvalue weighted by molar-refractivity contribution is 6.82. The maximum absolute atomic E-state index is 13.5. The highest BCUT2D eigenvalue weighted by Gasteiger charge is 2.57. The third-order valence-corrected chi connectivity index (χ3v) is 9.47. The fourth-order valence-electron chi connectivity index (χ4n) is 4.94. The van der Waals surface area contributed by atoms with E-state index in [0.29, 0.717) is 5.78 Å². The maximum atomic E-state index is 13.5. The number of benzene rings is 1. The zero-order valence-electron chi connectivity index (χ0n) is 14.3. The standard InChI is InChI=1S/C19H23NO2Si/c1-20-15-9-5-8-14-16(15)13(18(20)22)11-12-7-6-10-19(14,17(12)21)23(2,3)4/h5,8-9,11-12H,6-7,10H2,1-4H3/t12-,19-/m1/s1. The van der Waals surface area contributed by atoms with E-state index in [1.165, 1.54) is 0 Å². The van der Waals surface area contributed by atoms with Gasteiger partial charge in [-0.1, -0.05) is 44.3 Å². The molecule has 120 valence electrons. The molecule has 2 atom stereocenters. The summed E-state index contributed by atoms with van der Waals surface area (Å²) in [4.78, 5) is 28.0. The van der Waals surface area contributed by atoms with Gasteiger partial charge in [-0.05, 0) is 24.5 Å². The molecule has 1 aromatic rings. The predicted octanol–water partition coefficient (Wildman–Crippen LogP) is 3.54. The van der Waals surface area contributed by atoms with E-state index < -0.39 is 8.07 Å². The molecule has 0 radical (unpaired) electrons.